The minimum Gasteiger partial charge on any atom is -0.103 e. The van der Waals surface area contributed by atoms with E-state index in [2.05, 4.69) is 31.5 Å². The third kappa shape index (κ3) is 2.55. The fourth-order valence-corrected chi connectivity index (χ4v) is 5.18. The molecule has 0 radical (unpaired) electrons. The molecule has 2 unspecified atom stereocenters. The van der Waals surface area contributed by atoms with E-state index in [1.165, 1.54) is 31.8 Å². The largest absolute Gasteiger partial charge is 0.156 e. The van der Waals surface area contributed by atoms with Crippen LogP contribution >= 0.6 is 7.55 Å². The second-order valence-electron chi connectivity index (χ2n) is 4.77. The van der Waals surface area contributed by atoms with Crippen LogP contribution in [-0.2, 0) is 0 Å². The highest BCUT2D eigenvalue weighted by Gasteiger charge is 2.34. The molecule has 2 atom stereocenters. The Hall–Kier alpha value is -0.610. The van der Waals surface area contributed by atoms with Gasteiger partial charge in [0, 0.05) is 0 Å². The molecule has 0 nitrogen and oxygen atoms in total. The van der Waals surface area contributed by atoms with Crippen molar-refractivity contribution in [2.45, 2.75) is 44.7 Å². The molecule has 16 heavy (non-hydrogen) atoms. The molecular weight excluding hydrogens is 211 g/mol. The molecule has 0 spiro atoms. The Morgan fingerprint density at radius 2 is 2.38 bits per heavy atom. The number of allylic oxidation sites excluding steroid dienone is 5. The Balaban J connectivity index is 1.92. The molecule has 0 amide bonds. The van der Waals surface area contributed by atoms with Crippen LogP contribution in [0.2, 0.25) is 0 Å². The average Bonchev–Trinajstić information content (AvgIpc) is 2.80. The SMILES string of the molecule is C=CCC1=CC2C(=CC=[P+]2CCCCC)C1. The van der Waals surface area contributed by atoms with Gasteiger partial charge < -0.3 is 0 Å². The first kappa shape index (κ1) is 11.9. The topological polar surface area (TPSA) is 0 Å². The van der Waals surface area contributed by atoms with Crippen molar-refractivity contribution in [2.24, 2.45) is 0 Å². The van der Waals surface area contributed by atoms with Gasteiger partial charge in [0.1, 0.15) is 19.5 Å². The second kappa shape index (κ2) is 5.64. The smallest absolute Gasteiger partial charge is 0.103 e. The number of hydrogen-bond acceptors (Lipinski definition) is 0. The highest BCUT2D eigenvalue weighted by atomic mass is 31.1. The third-order valence-corrected chi connectivity index (χ3v) is 6.03. The van der Waals surface area contributed by atoms with Crippen LogP contribution in [0.5, 0.6) is 0 Å². The van der Waals surface area contributed by atoms with Gasteiger partial charge in [-0.3, -0.25) is 0 Å². The molecule has 0 fully saturated rings. The predicted octanol–water partition coefficient (Wildman–Crippen LogP) is 4.68. The van der Waals surface area contributed by atoms with Crippen molar-refractivity contribution in [2.75, 3.05) is 6.16 Å². The van der Waals surface area contributed by atoms with Gasteiger partial charge in [-0.1, -0.05) is 25.0 Å². The summed E-state index contributed by atoms with van der Waals surface area (Å²) < 4.78 is 0. The van der Waals surface area contributed by atoms with E-state index in [4.69, 9.17) is 0 Å². The van der Waals surface area contributed by atoms with Crippen molar-refractivity contribution in [1.82, 2.24) is 0 Å². The fraction of sp³-hybridized carbons (Fsp3) is 0.533. The van der Waals surface area contributed by atoms with E-state index >= 15 is 0 Å². The van der Waals surface area contributed by atoms with Gasteiger partial charge in [0.15, 0.2) is 5.66 Å². The molecule has 1 heterocycles. The van der Waals surface area contributed by atoms with Gasteiger partial charge >= 0.3 is 0 Å². The van der Waals surface area contributed by atoms with Crippen LogP contribution in [0, 0.1) is 0 Å². The molecule has 1 heteroatoms. The lowest BCUT2D eigenvalue weighted by Gasteiger charge is -1.99. The molecule has 0 saturated carbocycles. The standard InChI is InChI=1S/C15H22P/c1-3-5-6-9-16-10-8-14-11-13(7-4-2)12-15(14)16/h4,8,10,12,15H,2-3,5-7,9,11H2,1H3/q+1. The van der Waals surface area contributed by atoms with E-state index < -0.39 is 0 Å². The second-order valence-corrected chi connectivity index (χ2v) is 7.11. The summed E-state index contributed by atoms with van der Waals surface area (Å²) in [4.78, 5) is 0. The average molecular weight is 233 g/mol. The van der Waals surface area contributed by atoms with Crippen LogP contribution in [-0.4, -0.2) is 17.6 Å². The molecule has 0 aromatic heterocycles. The van der Waals surface area contributed by atoms with Crippen molar-refractivity contribution in [3.63, 3.8) is 0 Å². The molecule has 1 aliphatic heterocycles. The quantitative estimate of drug-likeness (QED) is 0.355. The highest BCUT2D eigenvalue weighted by Crippen LogP contribution is 2.47. The van der Waals surface area contributed by atoms with Crippen LogP contribution in [0.25, 0.3) is 0 Å². The monoisotopic (exact) mass is 233 g/mol. The van der Waals surface area contributed by atoms with Crippen molar-refractivity contribution < 1.29 is 0 Å². The molecular formula is C15H22P+. The van der Waals surface area contributed by atoms with Crippen LogP contribution < -0.4 is 0 Å². The van der Waals surface area contributed by atoms with Crippen LogP contribution in [0.1, 0.15) is 39.0 Å². The van der Waals surface area contributed by atoms with E-state index in [-0.39, 0.29) is 7.55 Å². The number of unbranched alkanes of at least 4 members (excludes halogenated alkanes) is 2. The summed E-state index contributed by atoms with van der Waals surface area (Å²) in [6.07, 6.45) is 14.9. The Labute approximate surface area is 101 Å². The lowest BCUT2D eigenvalue weighted by atomic mass is 10.1. The Morgan fingerprint density at radius 1 is 1.50 bits per heavy atom. The summed E-state index contributed by atoms with van der Waals surface area (Å²) >= 11 is 0. The Kier molecular flexibility index (Phi) is 4.18. The van der Waals surface area contributed by atoms with Gasteiger partial charge in [-0.15, -0.1) is 6.58 Å². The summed E-state index contributed by atoms with van der Waals surface area (Å²) in [7, 11) is 0.137. The molecule has 0 bridgehead atoms. The summed E-state index contributed by atoms with van der Waals surface area (Å²) in [6, 6.07) is 0. The minimum atomic E-state index is 0.137. The highest BCUT2D eigenvalue weighted by molar-refractivity contribution is 7.59. The maximum atomic E-state index is 3.83. The maximum absolute atomic E-state index is 3.83. The van der Waals surface area contributed by atoms with Crippen molar-refractivity contribution in [3.05, 3.63) is 36.0 Å². The zero-order chi connectivity index (χ0) is 11.4. The molecule has 0 N–H and O–H groups in total. The minimum absolute atomic E-state index is 0.137. The first-order valence-corrected chi connectivity index (χ1v) is 8.11. The van der Waals surface area contributed by atoms with Gasteiger partial charge in [0.25, 0.3) is 0 Å². The third-order valence-electron chi connectivity index (χ3n) is 3.47. The lowest BCUT2D eigenvalue weighted by molar-refractivity contribution is 0.776. The zero-order valence-electron chi connectivity index (χ0n) is 10.3. The van der Waals surface area contributed by atoms with Gasteiger partial charge in [-0.2, -0.15) is 0 Å². The van der Waals surface area contributed by atoms with Gasteiger partial charge in [-0.25, -0.2) is 0 Å². The maximum Gasteiger partial charge on any atom is 0.156 e. The molecule has 0 aromatic carbocycles. The molecule has 0 aromatic rings. The first-order valence-electron chi connectivity index (χ1n) is 6.45. The summed E-state index contributed by atoms with van der Waals surface area (Å²) in [5.41, 5.74) is 4.09. The normalized spacial score (nSPS) is 24.8. The molecule has 2 rings (SSSR count). The summed E-state index contributed by atoms with van der Waals surface area (Å²) in [5.74, 6) is 2.51. The van der Waals surface area contributed by atoms with E-state index in [1.807, 2.05) is 6.08 Å². The van der Waals surface area contributed by atoms with Crippen molar-refractivity contribution >= 4 is 13.3 Å². The lowest BCUT2D eigenvalue weighted by Crippen LogP contribution is -1.95. The first-order chi connectivity index (χ1) is 7.85. The van der Waals surface area contributed by atoms with Gasteiger partial charge in [0.05, 0.1) is 0 Å². The van der Waals surface area contributed by atoms with Crippen molar-refractivity contribution in [3.8, 4) is 0 Å². The molecule has 86 valence electrons. The number of hydrogen-bond donors (Lipinski definition) is 0. The van der Waals surface area contributed by atoms with Gasteiger partial charge in [0.2, 0.25) is 0 Å². The summed E-state index contributed by atoms with van der Waals surface area (Å²) in [5, 5.41) is 0. The zero-order valence-corrected chi connectivity index (χ0v) is 11.2. The van der Waals surface area contributed by atoms with Crippen LogP contribution in [0.3, 0.4) is 0 Å². The molecule has 1 aliphatic carbocycles. The Bertz CT molecular complexity index is 358. The van der Waals surface area contributed by atoms with Gasteiger partial charge in [-0.05, 0) is 43.4 Å². The fourth-order valence-electron chi connectivity index (χ4n) is 2.59. The van der Waals surface area contributed by atoms with E-state index in [9.17, 15) is 0 Å². The van der Waals surface area contributed by atoms with Crippen LogP contribution in [0.15, 0.2) is 36.0 Å². The summed E-state index contributed by atoms with van der Waals surface area (Å²) in [6.45, 7) is 6.12. The van der Waals surface area contributed by atoms with Crippen LogP contribution in [0.4, 0.5) is 0 Å². The molecule has 2 aliphatic rings. The molecule has 0 saturated heterocycles. The van der Waals surface area contributed by atoms with E-state index in [1.54, 1.807) is 11.1 Å². The Morgan fingerprint density at radius 3 is 3.12 bits per heavy atom. The van der Waals surface area contributed by atoms with Crippen molar-refractivity contribution in [1.29, 1.82) is 0 Å². The number of rotatable bonds is 6. The predicted molar refractivity (Wildman–Crippen MR) is 76.8 cm³/mol. The van der Waals surface area contributed by atoms with E-state index in [0.29, 0.717) is 0 Å². The number of fused-ring (bicyclic) bond motifs is 1. The van der Waals surface area contributed by atoms with E-state index in [0.717, 1.165) is 12.1 Å².